The van der Waals surface area contributed by atoms with Crippen LogP contribution in [0.3, 0.4) is 0 Å². The van der Waals surface area contributed by atoms with E-state index in [9.17, 15) is 4.79 Å². The number of fused-ring (bicyclic) bond motifs is 2. The van der Waals surface area contributed by atoms with Gasteiger partial charge in [-0.15, -0.1) is 0 Å². The Labute approximate surface area is 230 Å². The number of benzene rings is 2. The van der Waals surface area contributed by atoms with Crippen LogP contribution in [0, 0.1) is 23.2 Å². The summed E-state index contributed by atoms with van der Waals surface area (Å²) in [5, 5.41) is 4.64. The summed E-state index contributed by atoms with van der Waals surface area (Å²) in [4.78, 5) is 21.3. The van der Waals surface area contributed by atoms with Crippen molar-refractivity contribution in [3.05, 3.63) is 58.6 Å². The molecule has 2 aromatic carbocycles. The van der Waals surface area contributed by atoms with Gasteiger partial charge in [0.25, 0.3) is 0 Å². The van der Waals surface area contributed by atoms with E-state index in [-0.39, 0.29) is 12.0 Å². The van der Waals surface area contributed by atoms with Crippen molar-refractivity contribution in [1.29, 1.82) is 0 Å². The van der Waals surface area contributed by atoms with Gasteiger partial charge < -0.3 is 4.74 Å². The second kappa shape index (κ2) is 10.8. The third-order valence-corrected chi connectivity index (χ3v) is 10.5. The molecule has 0 radical (unpaired) electrons. The lowest BCUT2D eigenvalue weighted by Gasteiger charge is -2.44. The molecular weight excluding hydrogens is 526 g/mol. The highest BCUT2D eigenvalue weighted by molar-refractivity contribution is 9.11. The summed E-state index contributed by atoms with van der Waals surface area (Å²) in [6, 6.07) is 15.4. The van der Waals surface area contributed by atoms with E-state index in [1.807, 2.05) is 6.92 Å². The molecular formula is C32H42BrNO3. The number of esters is 1. The van der Waals surface area contributed by atoms with Crippen molar-refractivity contribution in [1.82, 2.24) is 5.06 Å². The zero-order valence-corrected chi connectivity index (χ0v) is 24.4. The highest BCUT2D eigenvalue weighted by Crippen LogP contribution is 2.60. The number of carbonyl (C=O) groups is 1. The topological polar surface area (TPSA) is 38.8 Å². The van der Waals surface area contributed by atoms with Crippen molar-refractivity contribution in [3.63, 3.8) is 0 Å². The summed E-state index contributed by atoms with van der Waals surface area (Å²) < 4.78 is 5.16. The lowest BCUT2D eigenvalue weighted by molar-refractivity contribution is -0.215. The number of hydrogen-bond donors (Lipinski definition) is 0. The number of halogens is 1. The largest absolute Gasteiger partial charge is 0.467 e. The molecule has 3 aliphatic rings. The van der Waals surface area contributed by atoms with Gasteiger partial charge in [0.1, 0.15) is 0 Å². The van der Waals surface area contributed by atoms with Crippen LogP contribution in [-0.2, 0) is 20.8 Å². The Morgan fingerprint density at radius 1 is 1.22 bits per heavy atom. The van der Waals surface area contributed by atoms with Crippen molar-refractivity contribution in [2.75, 3.05) is 13.7 Å². The van der Waals surface area contributed by atoms with E-state index in [4.69, 9.17) is 9.57 Å². The molecule has 1 aliphatic heterocycles. The maximum absolute atomic E-state index is 12.7. The van der Waals surface area contributed by atoms with E-state index in [2.05, 4.69) is 82.3 Å². The van der Waals surface area contributed by atoms with Gasteiger partial charge in [0.15, 0.2) is 5.60 Å². The van der Waals surface area contributed by atoms with Gasteiger partial charge in [-0.05, 0) is 96.4 Å². The number of nitrogens with zero attached hydrogens (tertiary/aromatic N) is 1. The monoisotopic (exact) mass is 567 g/mol. The summed E-state index contributed by atoms with van der Waals surface area (Å²) in [6.45, 7) is 7.65. The molecule has 3 fully saturated rings. The van der Waals surface area contributed by atoms with Gasteiger partial charge in [0, 0.05) is 19.0 Å². The van der Waals surface area contributed by atoms with Crippen molar-refractivity contribution in [3.8, 4) is 0 Å². The Hall–Kier alpha value is -1.69. The quantitative estimate of drug-likeness (QED) is 0.319. The second-order valence-corrected chi connectivity index (χ2v) is 12.7. The number of methoxy groups -OCH3 is 1. The highest BCUT2D eigenvalue weighted by Gasteiger charge is 2.53. The molecule has 2 unspecified atom stereocenters. The van der Waals surface area contributed by atoms with Gasteiger partial charge in [-0.25, -0.2) is 4.79 Å². The fraction of sp³-hybridized carbons (Fsp3) is 0.594. The minimum Gasteiger partial charge on any atom is -0.467 e. The summed E-state index contributed by atoms with van der Waals surface area (Å²) in [5.74, 6) is 1.71. The molecule has 0 bridgehead atoms. The number of hydrogen-bond acceptors (Lipinski definition) is 4. The van der Waals surface area contributed by atoms with Crippen LogP contribution in [0.4, 0.5) is 0 Å². The number of hydroxylamine groups is 2. The van der Waals surface area contributed by atoms with Crippen LogP contribution in [0.15, 0.2) is 53.0 Å². The first-order valence-corrected chi connectivity index (χ1v) is 15.0. The van der Waals surface area contributed by atoms with E-state index in [0.717, 1.165) is 19.4 Å². The van der Waals surface area contributed by atoms with Crippen molar-refractivity contribution >= 4 is 32.7 Å². The van der Waals surface area contributed by atoms with Crippen molar-refractivity contribution < 1.29 is 14.4 Å². The lowest BCUT2D eigenvalue weighted by Crippen LogP contribution is -2.38. The van der Waals surface area contributed by atoms with Gasteiger partial charge in [-0.1, -0.05) is 77.8 Å². The normalized spacial score (nSPS) is 34.1. The van der Waals surface area contributed by atoms with Gasteiger partial charge in [-0.3, -0.25) is 4.84 Å². The third kappa shape index (κ3) is 5.16. The Morgan fingerprint density at radius 2 is 2.00 bits per heavy atom. The Kier molecular flexibility index (Phi) is 7.87. The van der Waals surface area contributed by atoms with Crippen LogP contribution in [0.25, 0.3) is 10.8 Å². The smallest absolute Gasteiger partial charge is 0.340 e. The maximum atomic E-state index is 12.7. The molecule has 1 heterocycles. The molecule has 2 aromatic rings. The number of allylic oxidation sites excluding steroid dienone is 1. The molecule has 37 heavy (non-hydrogen) atoms. The molecule has 0 spiro atoms. The molecule has 5 rings (SSSR count). The lowest BCUT2D eigenvalue weighted by atomic mass is 9.61. The van der Waals surface area contributed by atoms with Crippen LogP contribution in [0.1, 0.15) is 71.3 Å². The molecule has 1 saturated heterocycles. The molecule has 2 saturated carbocycles. The van der Waals surface area contributed by atoms with Crippen molar-refractivity contribution in [2.24, 2.45) is 23.2 Å². The zero-order valence-electron chi connectivity index (χ0n) is 22.8. The van der Waals surface area contributed by atoms with Crippen LogP contribution < -0.4 is 0 Å². The Balaban J connectivity index is 1.31. The predicted molar refractivity (Wildman–Crippen MR) is 153 cm³/mol. The molecule has 0 N–H and O–H groups in total. The summed E-state index contributed by atoms with van der Waals surface area (Å²) in [7, 11) is 1.46. The molecule has 6 atom stereocenters. The minimum atomic E-state index is -0.915. The average molecular weight is 569 g/mol. The first-order valence-electron chi connectivity index (χ1n) is 14.1. The predicted octanol–water partition coefficient (Wildman–Crippen LogP) is 7.84. The molecule has 200 valence electrons. The fourth-order valence-corrected chi connectivity index (χ4v) is 8.61. The molecule has 2 aliphatic carbocycles. The molecule has 0 amide bonds. The van der Waals surface area contributed by atoms with Gasteiger partial charge >= 0.3 is 5.97 Å². The van der Waals surface area contributed by atoms with Crippen LogP contribution in [0.2, 0.25) is 0 Å². The average Bonchev–Trinajstić information content (AvgIpc) is 3.43. The first kappa shape index (κ1) is 26.9. The van der Waals surface area contributed by atoms with E-state index in [1.54, 1.807) is 5.57 Å². The zero-order chi connectivity index (χ0) is 26.2. The van der Waals surface area contributed by atoms with E-state index in [0.29, 0.717) is 29.6 Å². The van der Waals surface area contributed by atoms with Gasteiger partial charge in [0.2, 0.25) is 0 Å². The van der Waals surface area contributed by atoms with Crippen LogP contribution in [0.5, 0.6) is 0 Å². The Bertz CT molecular complexity index is 1160. The fourth-order valence-electron chi connectivity index (χ4n) is 8.06. The van der Waals surface area contributed by atoms with E-state index < -0.39 is 5.60 Å². The van der Waals surface area contributed by atoms with Crippen LogP contribution >= 0.6 is 15.9 Å². The summed E-state index contributed by atoms with van der Waals surface area (Å²) in [5.41, 5.74) is 2.37. The van der Waals surface area contributed by atoms with E-state index in [1.165, 1.54) is 55.5 Å². The summed E-state index contributed by atoms with van der Waals surface area (Å²) in [6.07, 6.45) is 9.06. The summed E-state index contributed by atoms with van der Waals surface area (Å²) >= 11 is 3.66. The minimum absolute atomic E-state index is 0.206. The first-order chi connectivity index (χ1) is 17.8. The number of ether oxygens (including phenoxy) is 1. The van der Waals surface area contributed by atoms with Gasteiger partial charge in [0.05, 0.1) is 7.11 Å². The van der Waals surface area contributed by atoms with Gasteiger partial charge in [-0.2, -0.15) is 5.06 Å². The standard InChI is InChI=1S/C32H42BrNO3/c1-22(28-13-14-29-26(21-33)10-7-16-31(28,29)2)18-27-20-32(3,30(35)36-4)37-34(27)17-15-23-11-12-24-8-5-6-9-25(24)19-23/h5-6,8-9,11-12,19,21-22,27-29H,7,10,13-18,20H2,1-4H3/b26-21+/t22-,27?,28-,29+,31-,32?/m1/s1. The SMILES string of the molecule is COC(=O)C1(C)CC(C[C@@H](C)[C@H]2CC[C@H]3/C(=C/Br)CCC[C@]23C)N(CCc2ccc3ccccc3c2)O1. The maximum Gasteiger partial charge on any atom is 0.340 e. The number of rotatable bonds is 7. The van der Waals surface area contributed by atoms with E-state index >= 15 is 0 Å². The van der Waals surface area contributed by atoms with Crippen LogP contribution in [-0.4, -0.2) is 36.3 Å². The van der Waals surface area contributed by atoms with Crippen molar-refractivity contribution in [2.45, 2.75) is 83.8 Å². The molecule has 5 heteroatoms. The molecule has 0 aromatic heterocycles. The third-order valence-electron chi connectivity index (χ3n) is 9.91. The number of carbonyl (C=O) groups excluding carboxylic acids is 1. The Morgan fingerprint density at radius 3 is 2.76 bits per heavy atom. The highest BCUT2D eigenvalue weighted by atomic mass is 79.9. The second-order valence-electron chi connectivity index (χ2n) is 12.2. The molecule has 4 nitrogen and oxygen atoms in total.